The van der Waals surface area contributed by atoms with Gasteiger partial charge in [-0.25, -0.2) is 13.2 Å². The minimum absolute atomic E-state index is 0.0655. The van der Waals surface area contributed by atoms with E-state index in [2.05, 4.69) is 14.8 Å². The Morgan fingerprint density at radius 2 is 1.86 bits per heavy atom. The lowest BCUT2D eigenvalue weighted by Gasteiger charge is -2.31. The third-order valence-corrected chi connectivity index (χ3v) is 7.93. The van der Waals surface area contributed by atoms with E-state index in [0.29, 0.717) is 23.4 Å². The molecule has 35 heavy (non-hydrogen) atoms. The van der Waals surface area contributed by atoms with Gasteiger partial charge in [-0.05, 0) is 80.5 Å². The molecule has 4 rings (SSSR count). The standard InChI is InChI=1S/C26H31N3O5S/c1-5-19-9-10-20(26(30)33-4)14-25(19)35(31,32)28-23-15-21(22-16-27-34-18(22)3)17(2)13-24(23)29-11-7-6-8-12-29/h9-10,13-16,28H,5-8,11-12H2,1-4H3. The molecular formula is C26H31N3O5S. The molecule has 0 atom stereocenters. The number of esters is 1. The van der Waals surface area contributed by atoms with Crippen molar-refractivity contribution in [3.05, 3.63) is 59.0 Å². The van der Waals surface area contributed by atoms with Crippen LogP contribution in [0.25, 0.3) is 11.1 Å². The van der Waals surface area contributed by atoms with Crippen molar-refractivity contribution in [2.45, 2.75) is 51.3 Å². The van der Waals surface area contributed by atoms with E-state index in [-0.39, 0.29) is 10.5 Å². The zero-order chi connectivity index (χ0) is 25.2. The number of sulfonamides is 1. The molecule has 1 aliphatic heterocycles. The first-order valence-corrected chi connectivity index (χ1v) is 13.3. The summed E-state index contributed by atoms with van der Waals surface area (Å²) in [4.78, 5) is 14.4. The second-order valence-corrected chi connectivity index (χ2v) is 10.5. The van der Waals surface area contributed by atoms with Crippen LogP contribution < -0.4 is 9.62 Å². The highest BCUT2D eigenvalue weighted by atomic mass is 32.2. The first kappa shape index (κ1) is 24.8. The molecule has 1 N–H and O–H groups in total. The molecule has 3 aromatic rings. The number of carbonyl (C=O) groups is 1. The Bertz CT molecular complexity index is 1340. The summed E-state index contributed by atoms with van der Waals surface area (Å²) in [5, 5.41) is 3.89. The topological polar surface area (TPSA) is 102 Å². The van der Waals surface area contributed by atoms with Gasteiger partial charge in [-0.15, -0.1) is 0 Å². The monoisotopic (exact) mass is 497 g/mol. The Morgan fingerprint density at radius 1 is 1.11 bits per heavy atom. The fourth-order valence-electron chi connectivity index (χ4n) is 4.56. The first-order valence-electron chi connectivity index (χ1n) is 11.8. The molecule has 0 unspecified atom stereocenters. The smallest absolute Gasteiger partial charge is 0.337 e. The van der Waals surface area contributed by atoms with Gasteiger partial charge in [-0.1, -0.05) is 18.1 Å². The van der Waals surface area contributed by atoms with Gasteiger partial charge in [0.2, 0.25) is 0 Å². The number of piperidine rings is 1. The normalized spacial score (nSPS) is 14.1. The second kappa shape index (κ2) is 10.1. The second-order valence-electron chi connectivity index (χ2n) is 8.80. The molecule has 0 spiro atoms. The predicted molar refractivity (Wildman–Crippen MR) is 135 cm³/mol. The Balaban J connectivity index is 1.84. The highest BCUT2D eigenvalue weighted by Gasteiger charge is 2.25. The Labute approximate surface area is 206 Å². The molecule has 0 aliphatic carbocycles. The fourth-order valence-corrected chi connectivity index (χ4v) is 5.96. The van der Waals surface area contributed by atoms with Gasteiger partial charge in [0.1, 0.15) is 5.76 Å². The average Bonchev–Trinajstić information content (AvgIpc) is 3.29. The molecule has 0 saturated carbocycles. The van der Waals surface area contributed by atoms with Gasteiger partial charge in [0.25, 0.3) is 10.0 Å². The maximum absolute atomic E-state index is 13.7. The van der Waals surface area contributed by atoms with Crippen molar-refractivity contribution in [1.29, 1.82) is 0 Å². The Morgan fingerprint density at radius 3 is 2.49 bits per heavy atom. The summed E-state index contributed by atoms with van der Waals surface area (Å²) in [6.07, 6.45) is 5.41. The molecular weight excluding hydrogens is 466 g/mol. The van der Waals surface area contributed by atoms with Crippen LogP contribution in [0.4, 0.5) is 11.4 Å². The van der Waals surface area contributed by atoms with E-state index in [1.807, 2.05) is 32.9 Å². The average molecular weight is 498 g/mol. The van der Waals surface area contributed by atoms with Gasteiger partial charge in [-0.3, -0.25) is 4.72 Å². The number of aryl methyl sites for hydroxylation is 3. The summed E-state index contributed by atoms with van der Waals surface area (Å²) in [6.45, 7) is 7.43. The van der Waals surface area contributed by atoms with E-state index in [9.17, 15) is 13.2 Å². The van der Waals surface area contributed by atoms with Crippen molar-refractivity contribution in [3.8, 4) is 11.1 Å². The van der Waals surface area contributed by atoms with Crippen molar-refractivity contribution in [2.24, 2.45) is 0 Å². The van der Waals surface area contributed by atoms with Crippen LogP contribution >= 0.6 is 0 Å². The van der Waals surface area contributed by atoms with Crippen LogP contribution in [0.15, 0.2) is 45.9 Å². The maximum Gasteiger partial charge on any atom is 0.337 e. The molecule has 186 valence electrons. The number of rotatable bonds is 7. The zero-order valence-electron chi connectivity index (χ0n) is 20.6. The lowest BCUT2D eigenvalue weighted by atomic mass is 9.99. The third kappa shape index (κ3) is 5.05. The van der Waals surface area contributed by atoms with Gasteiger partial charge in [0, 0.05) is 18.7 Å². The number of nitrogens with one attached hydrogen (secondary N) is 1. The van der Waals surface area contributed by atoms with E-state index in [1.165, 1.54) is 13.2 Å². The van der Waals surface area contributed by atoms with Gasteiger partial charge in [0.15, 0.2) is 0 Å². The van der Waals surface area contributed by atoms with E-state index < -0.39 is 16.0 Å². The van der Waals surface area contributed by atoms with Crippen LogP contribution in [0.3, 0.4) is 0 Å². The number of benzene rings is 2. The molecule has 1 aliphatic rings. The number of nitrogens with zero attached hydrogens (tertiary/aromatic N) is 2. The molecule has 1 aromatic heterocycles. The van der Waals surface area contributed by atoms with Crippen molar-refractivity contribution in [1.82, 2.24) is 5.16 Å². The highest BCUT2D eigenvalue weighted by Crippen LogP contribution is 2.38. The summed E-state index contributed by atoms with van der Waals surface area (Å²) in [5.41, 5.74) is 4.79. The molecule has 0 bridgehead atoms. The summed E-state index contributed by atoms with van der Waals surface area (Å²) in [7, 11) is -2.74. The maximum atomic E-state index is 13.7. The van der Waals surface area contributed by atoms with Gasteiger partial charge in [-0.2, -0.15) is 0 Å². The fraction of sp³-hybridized carbons (Fsp3) is 0.385. The Kier molecular flexibility index (Phi) is 7.16. The van der Waals surface area contributed by atoms with Crippen molar-refractivity contribution in [2.75, 3.05) is 29.8 Å². The van der Waals surface area contributed by atoms with Gasteiger partial charge < -0.3 is 14.2 Å². The minimum Gasteiger partial charge on any atom is -0.465 e. The van der Waals surface area contributed by atoms with Crippen molar-refractivity contribution in [3.63, 3.8) is 0 Å². The number of ether oxygens (including phenoxy) is 1. The number of methoxy groups -OCH3 is 1. The molecule has 1 fully saturated rings. The predicted octanol–water partition coefficient (Wildman–Crippen LogP) is 5.10. The molecule has 0 amide bonds. The minimum atomic E-state index is -4.01. The molecule has 2 aromatic carbocycles. The van der Waals surface area contributed by atoms with Crippen LogP contribution in [0, 0.1) is 13.8 Å². The third-order valence-electron chi connectivity index (χ3n) is 6.48. The van der Waals surface area contributed by atoms with Crippen molar-refractivity contribution >= 4 is 27.4 Å². The summed E-state index contributed by atoms with van der Waals surface area (Å²) < 4.78 is 40.3. The number of anilines is 2. The van der Waals surface area contributed by atoms with Crippen LogP contribution in [-0.4, -0.2) is 39.7 Å². The summed E-state index contributed by atoms with van der Waals surface area (Å²) in [5.74, 6) is 0.0744. The molecule has 1 saturated heterocycles. The lowest BCUT2D eigenvalue weighted by molar-refractivity contribution is 0.0600. The number of hydrogen-bond donors (Lipinski definition) is 1. The van der Waals surface area contributed by atoms with Crippen LogP contribution in [0.2, 0.25) is 0 Å². The SMILES string of the molecule is CCc1ccc(C(=O)OC)cc1S(=O)(=O)Nc1cc(-c2cnoc2C)c(C)cc1N1CCCCC1. The van der Waals surface area contributed by atoms with Gasteiger partial charge >= 0.3 is 5.97 Å². The van der Waals surface area contributed by atoms with Crippen molar-refractivity contribution < 1.29 is 22.5 Å². The highest BCUT2D eigenvalue weighted by molar-refractivity contribution is 7.92. The molecule has 9 heteroatoms. The van der Waals surface area contributed by atoms with E-state index >= 15 is 0 Å². The number of hydrogen-bond acceptors (Lipinski definition) is 7. The zero-order valence-corrected chi connectivity index (χ0v) is 21.4. The lowest BCUT2D eigenvalue weighted by Crippen LogP contribution is -2.30. The van der Waals surface area contributed by atoms with E-state index in [0.717, 1.165) is 54.7 Å². The van der Waals surface area contributed by atoms with Crippen LogP contribution in [0.1, 0.15) is 53.4 Å². The van der Waals surface area contributed by atoms with E-state index in [4.69, 9.17) is 9.26 Å². The largest absolute Gasteiger partial charge is 0.465 e. The quantitative estimate of drug-likeness (QED) is 0.453. The summed E-state index contributed by atoms with van der Waals surface area (Å²) >= 11 is 0. The van der Waals surface area contributed by atoms with E-state index in [1.54, 1.807) is 18.3 Å². The Hall–Kier alpha value is -3.33. The molecule has 2 heterocycles. The molecule has 8 nitrogen and oxygen atoms in total. The van der Waals surface area contributed by atoms with Crippen LogP contribution in [-0.2, 0) is 21.2 Å². The van der Waals surface area contributed by atoms with Gasteiger partial charge in [0.05, 0.1) is 35.1 Å². The van der Waals surface area contributed by atoms with Crippen LogP contribution in [0.5, 0.6) is 0 Å². The molecule has 0 radical (unpaired) electrons. The number of aromatic nitrogens is 1. The first-order chi connectivity index (χ1) is 16.7. The summed E-state index contributed by atoms with van der Waals surface area (Å²) in [6, 6.07) is 8.50. The number of carbonyl (C=O) groups excluding carboxylic acids is 1.